The minimum atomic E-state index is 0.229. The molecule has 2 nitrogen and oxygen atoms in total. The molecule has 0 radical (unpaired) electrons. The molecule has 1 aliphatic heterocycles. The first-order valence-corrected chi connectivity index (χ1v) is 6.99. The lowest BCUT2D eigenvalue weighted by Gasteiger charge is -2.34. The molecule has 17 heavy (non-hydrogen) atoms. The highest BCUT2D eigenvalue weighted by atomic mass is 79.9. The second kappa shape index (κ2) is 4.58. The van der Waals surface area contributed by atoms with Gasteiger partial charge in [0.2, 0.25) is 0 Å². The number of benzene rings is 1. The molecule has 1 saturated heterocycles. The van der Waals surface area contributed by atoms with Gasteiger partial charge in [0.05, 0.1) is 5.69 Å². The van der Waals surface area contributed by atoms with Crippen molar-refractivity contribution in [1.82, 2.24) is 0 Å². The van der Waals surface area contributed by atoms with Crippen LogP contribution < -0.4 is 10.6 Å². The highest BCUT2D eigenvalue weighted by molar-refractivity contribution is 9.10. The molecule has 1 aromatic carbocycles. The van der Waals surface area contributed by atoms with Crippen LogP contribution in [0.5, 0.6) is 0 Å². The molecule has 4 heteroatoms. The third-order valence-electron chi connectivity index (χ3n) is 3.42. The molecular formula is C13H17BrN2S. The van der Waals surface area contributed by atoms with Crippen LogP contribution in [0.4, 0.5) is 5.69 Å². The van der Waals surface area contributed by atoms with Crippen molar-refractivity contribution in [1.29, 1.82) is 0 Å². The van der Waals surface area contributed by atoms with Gasteiger partial charge in [-0.2, -0.15) is 0 Å². The molecule has 92 valence electrons. The van der Waals surface area contributed by atoms with Crippen LogP contribution in [0.1, 0.15) is 32.3 Å². The third kappa shape index (κ3) is 2.47. The average Bonchev–Trinajstić information content (AvgIpc) is 2.58. The minimum absolute atomic E-state index is 0.229. The van der Waals surface area contributed by atoms with Gasteiger partial charge in [-0.25, -0.2) is 0 Å². The summed E-state index contributed by atoms with van der Waals surface area (Å²) in [5.74, 6) is 0. The third-order valence-corrected chi connectivity index (χ3v) is 4.29. The second-order valence-corrected chi connectivity index (χ2v) is 6.39. The predicted octanol–water partition coefficient (Wildman–Crippen LogP) is 3.46. The van der Waals surface area contributed by atoms with Gasteiger partial charge in [-0.15, -0.1) is 0 Å². The van der Waals surface area contributed by atoms with E-state index in [1.807, 2.05) is 12.1 Å². The van der Waals surface area contributed by atoms with Crippen LogP contribution in [0, 0.1) is 0 Å². The zero-order valence-electron chi connectivity index (χ0n) is 10.2. The van der Waals surface area contributed by atoms with Crippen molar-refractivity contribution in [2.75, 3.05) is 11.4 Å². The summed E-state index contributed by atoms with van der Waals surface area (Å²) >= 11 is 8.61. The van der Waals surface area contributed by atoms with E-state index >= 15 is 0 Å². The van der Waals surface area contributed by atoms with Crippen LogP contribution in [-0.4, -0.2) is 17.1 Å². The molecular weight excluding hydrogens is 296 g/mol. The summed E-state index contributed by atoms with van der Waals surface area (Å²) < 4.78 is 1.07. The summed E-state index contributed by atoms with van der Waals surface area (Å²) in [4.78, 5) is 2.89. The van der Waals surface area contributed by atoms with Crippen molar-refractivity contribution in [2.24, 2.45) is 5.73 Å². The number of nitrogens with zero attached hydrogens (tertiary/aromatic N) is 1. The van der Waals surface area contributed by atoms with Crippen LogP contribution in [0.25, 0.3) is 0 Å². The highest BCUT2D eigenvalue weighted by Crippen LogP contribution is 2.37. The monoisotopic (exact) mass is 312 g/mol. The summed E-state index contributed by atoms with van der Waals surface area (Å²) in [6, 6.07) is 6.11. The van der Waals surface area contributed by atoms with Crippen LogP contribution in [0.15, 0.2) is 22.7 Å². The first-order chi connectivity index (χ1) is 7.92. The number of nitrogens with two attached hydrogens (primary N) is 1. The van der Waals surface area contributed by atoms with Gasteiger partial charge >= 0.3 is 0 Å². The van der Waals surface area contributed by atoms with Crippen molar-refractivity contribution in [3.63, 3.8) is 0 Å². The van der Waals surface area contributed by atoms with E-state index in [2.05, 4.69) is 40.7 Å². The second-order valence-electron chi connectivity index (χ2n) is 5.10. The number of thiocarbonyl (C=S) groups is 1. The molecule has 0 amide bonds. The zero-order valence-corrected chi connectivity index (χ0v) is 12.6. The van der Waals surface area contributed by atoms with Crippen LogP contribution in [-0.2, 0) is 0 Å². The van der Waals surface area contributed by atoms with Crippen molar-refractivity contribution >= 4 is 38.8 Å². The lowest BCUT2D eigenvalue weighted by Crippen LogP contribution is -2.38. The Balaban J connectivity index is 2.37. The lowest BCUT2D eigenvalue weighted by molar-refractivity contribution is 0.517. The fourth-order valence-electron chi connectivity index (χ4n) is 2.43. The molecule has 0 atom stereocenters. The summed E-state index contributed by atoms with van der Waals surface area (Å²) in [5, 5.41) is 0. The predicted molar refractivity (Wildman–Crippen MR) is 80.7 cm³/mol. The molecule has 0 saturated carbocycles. The highest BCUT2D eigenvalue weighted by Gasteiger charge is 2.32. The molecule has 1 aliphatic rings. The van der Waals surface area contributed by atoms with Gasteiger partial charge in [0, 0.05) is 22.1 Å². The number of hydrogen-bond donors (Lipinski definition) is 1. The van der Waals surface area contributed by atoms with Crippen molar-refractivity contribution in [2.45, 2.75) is 32.2 Å². The van der Waals surface area contributed by atoms with E-state index < -0.39 is 0 Å². The summed E-state index contributed by atoms with van der Waals surface area (Å²) in [7, 11) is 0. The fourth-order valence-corrected chi connectivity index (χ4v) is 3.15. The van der Waals surface area contributed by atoms with Gasteiger partial charge in [-0.1, -0.05) is 12.2 Å². The first kappa shape index (κ1) is 12.8. The smallest absolute Gasteiger partial charge is 0.104 e. The lowest BCUT2D eigenvalue weighted by atomic mass is 10.0. The topological polar surface area (TPSA) is 29.3 Å². The standard InChI is InChI=1S/C13H17BrN2S/c1-13(2)6-3-7-16(13)11-5-4-9(12(15)17)8-10(11)14/h4-5,8H,3,6-7H2,1-2H3,(H2,15,17). The summed E-state index contributed by atoms with van der Waals surface area (Å²) in [5.41, 5.74) is 8.00. The van der Waals surface area contributed by atoms with Gasteiger partial charge in [0.25, 0.3) is 0 Å². The van der Waals surface area contributed by atoms with E-state index in [0.717, 1.165) is 16.6 Å². The molecule has 0 bridgehead atoms. The van der Waals surface area contributed by atoms with Gasteiger partial charge in [-0.3, -0.25) is 0 Å². The maximum Gasteiger partial charge on any atom is 0.104 e. The van der Waals surface area contributed by atoms with E-state index in [1.54, 1.807) is 0 Å². The summed E-state index contributed by atoms with van der Waals surface area (Å²) in [6.45, 7) is 5.68. The minimum Gasteiger partial charge on any atom is -0.389 e. The fraction of sp³-hybridized carbons (Fsp3) is 0.462. The Morgan fingerprint density at radius 1 is 1.47 bits per heavy atom. The van der Waals surface area contributed by atoms with Crippen molar-refractivity contribution in [3.8, 4) is 0 Å². The summed E-state index contributed by atoms with van der Waals surface area (Å²) in [6.07, 6.45) is 2.48. The number of halogens is 1. The SMILES string of the molecule is CC1(C)CCCN1c1ccc(C(N)=S)cc1Br. The van der Waals surface area contributed by atoms with E-state index in [0.29, 0.717) is 4.99 Å². The molecule has 0 spiro atoms. The molecule has 1 heterocycles. The Bertz CT molecular complexity index is 457. The van der Waals surface area contributed by atoms with Crippen molar-refractivity contribution in [3.05, 3.63) is 28.2 Å². The molecule has 2 rings (SSSR count). The maximum atomic E-state index is 5.64. The number of hydrogen-bond acceptors (Lipinski definition) is 2. The van der Waals surface area contributed by atoms with E-state index in [4.69, 9.17) is 18.0 Å². The zero-order chi connectivity index (χ0) is 12.6. The quantitative estimate of drug-likeness (QED) is 0.848. The first-order valence-electron chi connectivity index (χ1n) is 5.79. The Hall–Kier alpha value is -0.610. The van der Waals surface area contributed by atoms with Gasteiger partial charge in [0.1, 0.15) is 4.99 Å². The average molecular weight is 313 g/mol. The molecule has 0 aromatic heterocycles. The Labute approximate surface area is 116 Å². The van der Waals surface area contributed by atoms with Gasteiger partial charge in [0.15, 0.2) is 0 Å². The van der Waals surface area contributed by atoms with Crippen LogP contribution in [0.3, 0.4) is 0 Å². The molecule has 0 aliphatic carbocycles. The van der Waals surface area contributed by atoms with Crippen LogP contribution >= 0.6 is 28.1 Å². The Morgan fingerprint density at radius 2 is 2.18 bits per heavy atom. The molecule has 1 fully saturated rings. The van der Waals surface area contributed by atoms with Crippen molar-refractivity contribution < 1.29 is 0 Å². The molecule has 1 aromatic rings. The largest absolute Gasteiger partial charge is 0.389 e. The van der Waals surface area contributed by atoms with Gasteiger partial charge in [-0.05, 0) is 60.8 Å². The van der Waals surface area contributed by atoms with E-state index in [1.165, 1.54) is 18.5 Å². The number of anilines is 1. The Morgan fingerprint density at radius 3 is 2.65 bits per heavy atom. The Kier molecular flexibility index (Phi) is 3.46. The maximum absolute atomic E-state index is 5.64. The molecule has 0 unspecified atom stereocenters. The molecule has 2 N–H and O–H groups in total. The normalized spacial score (nSPS) is 18.4. The van der Waals surface area contributed by atoms with E-state index in [9.17, 15) is 0 Å². The van der Waals surface area contributed by atoms with Crippen LogP contribution in [0.2, 0.25) is 0 Å². The van der Waals surface area contributed by atoms with Gasteiger partial charge < -0.3 is 10.6 Å². The van der Waals surface area contributed by atoms with E-state index in [-0.39, 0.29) is 5.54 Å². The number of rotatable bonds is 2.